The molecule has 0 radical (unpaired) electrons. The maximum Gasteiger partial charge on any atom is 0.290 e. The van der Waals surface area contributed by atoms with Crippen LogP contribution in [0.5, 0.6) is 0 Å². The number of pyridine rings is 1. The maximum absolute atomic E-state index is 13.6. The van der Waals surface area contributed by atoms with Gasteiger partial charge in [-0.2, -0.15) is 0 Å². The van der Waals surface area contributed by atoms with Gasteiger partial charge in [-0.25, -0.2) is 0 Å². The van der Waals surface area contributed by atoms with Crippen LogP contribution in [0.3, 0.4) is 0 Å². The van der Waals surface area contributed by atoms with Crippen LogP contribution in [-0.4, -0.2) is 22.3 Å². The highest BCUT2D eigenvalue weighted by atomic mass is 16.3. The van der Waals surface area contributed by atoms with Crippen LogP contribution in [0.15, 0.2) is 76.1 Å². The molecule has 5 rings (SSSR count). The molecule has 31 heavy (non-hydrogen) atoms. The third-order valence-corrected chi connectivity index (χ3v) is 6.03. The normalized spacial score (nSPS) is 15.5. The van der Waals surface area contributed by atoms with Crippen molar-refractivity contribution in [3.05, 3.63) is 111 Å². The van der Waals surface area contributed by atoms with Crippen molar-refractivity contribution in [1.82, 2.24) is 9.88 Å². The van der Waals surface area contributed by atoms with E-state index in [0.717, 1.165) is 16.7 Å². The number of fused-ring (bicyclic) bond motifs is 2. The zero-order chi connectivity index (χ0) is 21.5. The van der Waals surface area contributed by atoms with Crippen LogP contribution in [0.1, 0.15) is 44.5 Å². The fourth-order valence-electron chi connectivity index (χ4n) is 4.25. The van der Waals surface area contributed by atoms with Gasteiger partial charge in [0.05, 0.1) is 16.6 Å². The van der Waals surface area contributed by atoms with Crippen molar-refractivity contribution in [3.8, 4) is 0 Å². The Hall–Kier alpha value is -3.73. The van der Waals surface area contributed by atoms with Crippen LogP contribution in [-0.2, 0) is 6.42 Å². The molecule has 0 saturated carbocycles. The molecule has 1 unspecified atom stereocenters. The Balaban J connectivity index is 1.67. The third kappa shape index (κ3) is 3.22. The molecular formula is C26H22N2O3. The van der Waals surface area contributed by atoms with Gasteiger partial charge in [0, 0.05) is 12.7 Å². The Labute approximate surface area is 180 Å². The summed E-state index contributed by atoms with van der Waals surface area (Å²) in [7, 11) is 0. The minimum absolute atomic E-state index is 0.129. The van der Waals surface area contributed by atoms with Gasteiger partial charge in [0.25, 0.3) is 5.91 Å². The van der Waals surface area contributed by atoms with Crippen molar-refractivity contribution in [1.29, 1.82) is 0 Å². The number of aromatic nitrogens is 1. The Morgan fingerprint density at radius 3 is 2.45 bits per heavy atom. The van der Waals surface area contributed by atoms with Crippen LogP contribution in [0, 0.1) is 13.8 Å². The summed E-state index contributed by atoms with van der Waals surface area (Å²) in [6.45, 7) is 4.39. The molecule has 0 spiro atoms. The zero-order valence-corrected chi connectivity index (χ0v) is 17.5. The molecule has 0 aliphatic carbocycles. The molecule has 1 aliphatic heterocycles. The van der Waals surface area contributed by atoms with E-state index in [-0.39, 0.29) is 17.1 Å². The highest BCUT2D eigenvalue weighted by Crippen LogP contribution is 2.37. The largest absolute Gasteiger partial charge is 0.450 e. The lowest BCUT2D eigenvalue weighted by Crippen LogP contribution is -2.32. The van der Waals surface area contributed by atoms with Gasteiger partial charge in [0.15, 0.2) is 5.43 Å². The van der Waals surface area contributed by atoms with Gasteiger partial charge >= 0.3 is 0 Å². The third-order valence-electron chi connectivity index (χ3n) is 6.03. The molecule has 5 heteroatoms. The summed E-state index contributed by atoms with van der Waals surface area (Å²) < 4.78 is 6.05. The lowest BCUT2D eigenvalue weighted by atomic mass is 10.00. The summed E-state index contributed by atoms with van der Waals surface area (Å²) in [6.07, 6.45) is 2.36. The average Bonchev–Trinajstić information content (AvgIpc) is 3.07. The Morgan fingerprint density at radius 1 is 0.968 bits per heavy atom. The van der Waals surface area contributed by atoms with Gasteiger partial charge in [-0.3, -0.25) is 14.6 Å². The Bertz CT molecular complexity index is 1340. The van der Waals surface area contributed by atoms with Gasteiger partial charge in [-0.15, -0.1) is 0 Å². The second-order valence-corrected chi connectivity index (χ2v) is 8.00. The summed E-state index contributed by atoms with van der Waals surface area (Å²) in [5, 5.41) is 0.500. The molecule has 0 N–H and O–H groups in total. The van der Waals surface area contributed by atoms with Gasteiger partial charge in [0.1, 0.15) is 11.6 Å². The molecule has 1 amide bonds. The second kappa shape index (κ2) is 7.51. The van der Waals surface area contributed by atoms with Crippen molar-refractivity contribution in [3.63, 3.8) is 0 Å². The van der Waals surface area contributed by atoms with E-state index >= 15 is 0 Å². The first-order chi connectivity index (χ1) is 15.0. The van der Waals surface area contributed by atoms with Crippen molar-refractivity contribution >= 4 is 16.9 Å². The molecule has 0 fully saturated rings. The molecule has 2 aromatic heterocycles. The van der Waals surface area contributed by atoms with Gasteiger partial charge < -0.3 is 9.32 Å². The van der Waals surface area contributed by atoms with E-state index in [1.165, 1.54) is 0 Å². The Morgan fingerprint density at radius 2 is 1.71 bits per heavy atom. The molecule has 2 aromatic carbocycles. The maximum atomic E-state index is 13.6. The molecule has 1 aliphatic rings. The predicted molar refractivity (Wildman–Crippen MR) is 119 cm³/mol. The molecule has 0 bridgehead atoms. The minimum Gasteiger partial charge on any atom is -0.450 e. The summed E-state index contributed by atoms with van der Waals surface area (Å²) in [5.41, 5.74) is 4.49. The SMILES string of the molecule is Cc1cc2oc3c(c(=O)c2cc1C)C(c1ccccn1)N(CCc1ccccc1)C3=O. The molecular weight excluding hydrogens is 388 g/mol. The fraction of sp³-hybridized carbons (Fsp3) is 0.192. The van der Waals surface area contributed by atoms with Gasteiger partial charge in [-0.1, -0.05) is 36.4 Å². The summed E-state index contributed by atoms with van der Waals surface area (Å²) in [6, 6.07) is 18.7. The van der Waals surface area contributed by atoms with E-state index in [1.54, 1.807) is 11.1 Å². The number of amides is 1. The van der Waals surface area contributed by atoms with Crippen molar-refractivity contribution in [2.75, 3.05) is 6.54 Å². The van der Waals surface area contributed by atoms with Crippen LogP contribution in [0.25, 0.3) is 11.0 Å². The standard InChI is InChI=1S/C26H22N2O3/c1-16-14-19-21(15-17(16)2)31-25-22(24(19)29)23(20-10-6-7-12-27-20)28(26(25)30)13-11-18-8-4-3-5-9-18/h3-10,12,14-15,23H,11,13H2,1-2H3. The molecule has 0 saturated heterocycles. The second-order valence-electron chi connectivity index (χ2n) is 8.00. The van der Waals surface area contributed by atoms with E-state index in [9.17, 15) is 9.59 Å². The summed E-state index contributed by atoms with van der Waals surface area (Å²) >= 11 is 0. The number of rotatable bonds is 4. The fourth-order valence-corrected chi connectivity index (χ4v) is 4.25. The molecule has 1 atom stereocenters. The predicted octanol–water partition coefficient (Wildman–Crippen LogP) is 4.59. The lowest BCUT2D eigenvalue weighted by molar-refractivity contribution is 0.0727. The molecule has 4 aromatic rings. The van der Waals surface area contributed by atoms with E-state index in [4.69, 9.17) is 4.42 Å². The number of carbonyl (C=O) groups excluding carboxylic acids is 1. The number of aryl methyl sites for hydroxylation is 2. The first kappa shape index (κ1) is 19.2. The van der Waals surface area contributed by atoms with E-state index in [0.29, 0.717) is 35.2 Å². The van der Waals surface area contributed by atoms with Crippen LogP contribution < -0.4 is 5.43 Å². The average molecular weight is 410 g/mol. The van der Waals surface area contributed by atoms with Crippen LogP contribution in [0.4, 0.5) is 0 Å². The zero-order valence-electron chi connectivity index (χ0n) is 17.5. The first-order valence-corrected chi connectivity index (χ1v) is 10.4. The van der Waals surface area contributed by atoms with Gasteiger partial charge in [-0.05, 0) is 61.2 Å². The molecule has 5 nitrogen and oxygen atoms in total. The lowest BCUT2D eigenvalue weighted by Gasteiger charge is -2.24. The number of hydrogen-bond acceptors (Lipinski definition) is 4. The number of carbonyl (C=O) groups is 1. The smallest absolute Gasteiger partial charge is 0.290 e. The van der Waals surface area contributed by atoms with Crippen molar-refractivity contribution in [2.24, 2.45) is 0 Å². The van der Waals surface area contributed by atoms with E-state index in [2.05, 4.69) is 4.98 Å². The number of nitrogens with zero attached hydrogens (tertiary/aromatic N) is 2. The summed E-state index contributed by atoms with van der Waals surface area (Å²) in [5.74, 6) is -0.136. The van der Waals surface area contributed by atoms with E-state index < -0.39 is 6.04 Å². The quantitative estimate of drug-likeness (QED) is 0.494. The first-order valence-electron chi connectivity index (χ1n) is 10.4. The minimum atomic E-state index is -0.560. The summed E-state index contributed by atoms with van der Waals surface area (Å²) in [4.78, 5) is 33.2. The van der Waals surface area contributed by atoms with Crippen molar-refractivity contribution in [2.45, 2.75) is 26.3 Å². The number of benzene rings is 2. The van der Waals surface area contributed by atoms with Crippen LogP contribution >= 0.6 is 0 Å². The highest BCUT2D eigenvalue weighted by Gasteiger charge is 2.43. The monoisotopic (exact) mass is 410 g/mol. The van der Waals surface area contributed by atoms with Gasteiger partial charge in [0.2, 0.25) is 5.76 Å². The van der Waals surface area contributed by atoms with Crippen LogP contribution in [0.2, 0.25) is 0 Å². The number of hydrogen-bond donors (Lipinski definition) is 0. The van der Waals surface area contributed by atoms with Crippen molar-refractivity contribution < 1.29 is 9.21 Å². The molecule has 3 heterocycles. The van der Waals surface area contributed by atoms with E-state index in [1.807, 2.05) is 74.5 Å². The molecule has 154 valence electrons. The topological polar surface area (TPSA) is 63.4 Å². The Kier molecular flexibility index (Phi) is 4.66. The highest BCUT2D eigenvalue weighted by molar-refractivity contribution is 5.99.